The Balaban J connectivity index is 2.73. The Hall–Kier alpha value is -1.22. The summed E-state index contributed by atoms with van der Waals surface area (Å²) in [7, 11) is 0. The average molecular weight is 211 g/mol. The standard InChI is InChI=1S/C12H15F2N/c1-8(2)7-15-9(3)11-5-4-10(13)6-12(11)14/h4-6,9,15H,1,7H2,2-3H3. The second-order valence-electron chi connectivity index (χ2n) is 3.73. The molecule has 0 aliphatic heterocycles. The Labute approximate surface area is 88.8 Å². The van der Waals surface area contributed by atoms with E-state index in [1.54, 1.807) is 0 Å². The van der Waals surface area contributed by atoms with Crippen LogP contribution in [0.5, 0.6) is 0 Å². The summed E-state index contributed by atoms with van der Waals surface area (Å²) >= 11 is 0. The summed E-state index contributed by atoms with van der Waals surface area (Å²) in [4.78, 5) is 0. The fourth-order valence-corrected chi connectivity index (χ4v) is 1.29. The molecule has 1 unspecified atom stereocenters. The van der Waals surface area contributed by atoms with Gasteiger partial charge in [0, 0.05) is 24.2 Å². The van der Waals surface area contributed by atoms with Crippen LogP contribution in [0, 0.1) is 11.6 Å². The lowest BCUT2D eigenvalue weighted by atomic mass is 10.1. The van der Waals surface area contributed by atoms with E-state index in [0.717, 1.165) is 11.6 Å². The first kappa shape index (κ1) is 11.9. The van der Waals surface area contributed by atoms with Gasteiger partial charge in [0.05, 0.1) is 0 Å². The highest BCUT2D eigenvalue weighted by Gasteiger charge is 2.10. The Morgan fingerprint density at radius 3 is 2.67 bits per heavy atom. The van der Waals surface area contributed by atoms with Crippen LogP contribution in [0.4, 0.5) is 8.78 Å². The van der Waals surface area contributed by atoms with Crippen molar-refractivity contribution in [2.45, 2.75) is 19.9 Å². The largest absolute Gasteiger partial charge is 0.306 e. The Morgan fingerprint density at radius 1 is 1.47 bits per heavy atom. The Bertz CT molecular complexity index is 361. The molecule has 15 heavy (non-hydrogen) atoms. The lowest BCUT2D eigenvalue weighted by Crippen LogP contribution is -2.21. The zero-order valence-electron chi connectivity index (χ0n) is 8.98. The van der Waals surface area contributed by atoms with Crippen LogP contribution in [0.25, 0.3) is 0 Å². The molecule has 0 heterocycles. The molecule has 1 aromatic carbocycles. The van der Waals surface area contributed by atoms with Gasteiger partial charge >= 0.3 is 0 Å². The molecule has 0 radical (unpaired) electrons. The molecule has 1 N–H and O–H groups in total. The minimum atomic E-state index is -0.552. The van der Waals surface area contributed by atoms with E-state index in [1.165, 1.54) is 12.1 Å². The monoisotopic (exact) mass is 211 g/mol. The third-order valence-corrected chi connectivity index (χ3v) is 2.14. The van der Waals surface area contributed by atoms with Crippen molar-refractivity contribution >= 4 is 0 Å². The smallest absolute Gasteiger partial charge is 0.130 e. The maximum atomic E-state index is 13.3. The van der Waals surface area contributed by atoms with Crippen molar-refractivity contribution in [3.63, 3.8) is 0 Å². The van der Waals surface area contributed by atoms with Crippen molar-refractivity contribution < 1.29 is 8.78 Å². The average Bonchev–Trinajstić information content (AvgIpc) is 2.14. The van der Waals surface area contributed by atoms with E-state index in [0.29, 0.717) is 12.1 Å². The number of hydrogen-bond acceptors (Lipinski definition) is 1. The topological polar surface area (TPSA) is 12.0 Å². The number of halogens is 2. The molecule has 0 saturated heterocycles. The molecule has 0 saturated carbocycles. The second kappa shape index (κ2) is 5.03. The SMILES string of the molecule is C=C(C)CNC(C)c1ccc(F)cc1F. The van der Waals surface area contributed by atoms with E-state index in [-0.39, 0.29) is 6.04 Å². The molecule has 3 heteroatoms. The van der Waals surface area contributed by atoms with Crippen LogP contribution < -0.4 is 5.32 Å². The third kappa shape index (κ3) is 3.44. The third-order valence-electron chi connectivity index (χ3n) is 2.14. The summed E-state index contributed by atoms with van der Waals surface area (Å²) in [6.07, 6.45) is 0. The Morgan fingerprint density at radius 2 is 2.13 bits per heavy atom. The van der Waals surface area contributed by atoms with Crippen molar-refractivity contribution in [3.05, 3.63) is 47.5 Å². The molecular weight excluding hydrogens is 196 g/mol. The highest BCUT2D eigenvalue weighted by Crippen LogP contribution is 2.17. The number of hydrogen-bond donors (Lipinski definition) is 1. The van der Waals surface area contributed by atoms with Gasteiger partial charge in [0.2, 0.25) is 0 Å². The molecule has 1 rings (SSSR count). The van der Waals surface area contributed by atoms with Gasteiger partial charge < -0.3 is 5.32 Å². The molecule has 1 atom stereocenters. The quantitative estimate of drug-likeness (QED) is 0.754. The van der Waals surface area contributed by atoms with Gasteiger partial charge in [-0.1, -0.05) is 18.2 Å². The normalized spacial score (nSPS) is 12.5. The zero-order chi connectivity index (χ0) is 11.4. The minimum Gasteiger partial charge on any atom is -0.306 e. The maximum absolute atomic E-state index is 13.3. The molecule has 0 spiro atoms. The molecule has 0 aliphatic rings. The van der Waals surface area contributed by atoms with Crippen molar-refractivity contribution in [2.75, 3.05) is 6.54 Å². The second-order valence-corrected chi connectivity index (χ2v) is 3.73. The highest BCUT2D eigenvalue weighted by atomic mass is 19.1. The van der Waals surface area contributed by atoms with Crippen LogP contribution in [-0.4, -0.2) is 6.54 Å². The summed E-state index contributed by atoms with van der Waals surface area (Å²) in [6.45, 7) is 8.09. The lowest BCUT2D eigenvalue weighted by molar-refractivity contribution is 0.530. The molecule has 0 fully saturated rings. The van der Waals surface area contributed by atoms with Crippen molar-refractivity contribution in [1.82, 2.24) is 5.32 Å². The van der Waals surface area contributed by atoms with Gasteiger partial charge in [0.15, 0.2) is 0 Å². The summed E-state index contributed by atoms with van der Waals surface area (Å²) in [5, 5.41) is 3.10. The molecular formula is C12H15F2N. The van der Waals surface area contributed by atoms with Gasteiger partial charge in [-0.3, -0.25) is 0 Å². The summed E-state index contributed by atoms with van der Waals surface area (Å²) in [5.41, 5.74) is 1.45. The minimum absolute atomic E-state index is 0.151. The Kier molecular flexibility index (Phi) is 3.97. The fourth-order valence-electron chi connectivity index (χ4n) is 1.29. The molecule has 1 aromatic rings. The van der Waals surface area contributed by atoms with Gasteiger partial charge in [0.25, 0.3) is 0 Å². The van der Waals surface area contributed by atoms with Crippen LogP contribution in [0.3, 0.4) is 0 Å². The van der Waals surface area contributed by atoms with E-state index < -0.39 is 11.6 Å². The molecule has 0 aliphatic carbocycles. The predicted molar refractivity (Wildman–Crippen MR) is 57.6 cm³/mol. The number of benzene rings is 1. The predicted octanol–water partition coefficient (Wildman–Crippen LogP) is 3.19. The molecule has 0 aromatic heterocycles. The fraction of sp³-hybridized carbons (Fsp3) is 0.333. The van der Waals surface area contributed by atoms with E-state index in [9.17, 15) is 8.78 Å². The van der Waals surface area contributed by atoms with E-state index >= 15 is 0 Å². The summed E-state index contributed by atoms with van der Waals surface area (Å²) < 4.78 is 26.0. The van der Waals surface area contributed by atoms with Gasteiger partial charge in [0.1, 0.15) is 11.6 Å². The van der Waals surface area contributed by atoms with Crippen LogP contribution in [0.2, 0.25) is 0 Å². The number of rotatable bonds is 4. The molecule has 0 bridgehead atoms. The lowest BCUT2D eigenvalue weighted by Gasteiger charge is -2.14. The molecule has 1 nitrogen and oxygen atoms in total. The summed E-state index contributed by atoms with van der Waals surface area (Å²) in [5.74, 6) is -1.07. The zero-order valence-corrected chi connectivity index (χ0v) is 8.98. The first-order chi connectivity index (χ1) is 7.00. The van der Waals surface area contributed by atoms with Gasteiger partial charge in [-0.2, -0.15) is 0 Å². The van der Waals surface area contributed by atoms with Crippen molar-refractivity contribution in [3.8, 4) is 0 Å². The number of nitrogens with one attached hydrogen (secondary N) is 1. The van der Waals surface area contributed by atoms with Gasteiger partial charge in [-0.25, -0.2) is 8.78 Å². The van der Waals surface area contributed by atoms with Crippen LogP contribution in [0.1, 0.15) is 25.5 Å². The van der Waals surface area contributed by atoms with Crippen LogP contribution >= 0.6 is 0 Å². The van der Waals surface area contributed by atoms with E-state index in [4.69, 9.17) is 0 Å². The summed E-state index contributed by atoms with van der Waals surface area (Å²) in [6, 6.07) is 3.47. The van der Waals surface area contributed by atoms with Crippen LogP contribution in [0.15, 0.2) is 30.4 Å². The first-order valence-electron chi connectivity index (χ1n) is 4.83. The first-order valence-corrected chi connectivity index (χ1v) is 4.83. The van der Waals surface area contributed by atoms with E-state index in [1.807, 2.05) is 13.8 Å². The molecule has 82 valence electrons. The van der Waals surface area contributed by atoms with Crippen LogP contribution in [-0.2, 0) is 0 Å². The van der Waals surface area contributed by atoms with E-state index in [2.05, 4.69) is 11.9 Å². The van der Waals surface area contributed by atoms with Gasteiger partial charge in [-0.05, 0) is 19.9 Å². The van der Waals surface area contributed by atoms with Crippen molar-refractivity contribution in [2.24, 2.45) is 0 Å². The maximum Gasteiger partial charge on any atom is 0.130 e. The highest BCUT2D eigenvalue weighted by molar-refractivity contribution is 5.21. The molecule has 0 amide bonds. The van der Waals surface area contributed by atoms with Crippen molar-refractivity contribution in [1.29, 1.82) is 0 Å². The van der Waals surface area contributed by atoms with Gasteiger partial charge in [-0.15, -0.1) is 0 Å².